The first kappa shape index (κ1) is 16.8. The van der Waals surface area contributed by atoms with Gasteiger partial charge in [-0.05, 0) is 42.9 Å². The molecule has 0 aromatic heterocycles. The van der Waals surface area contributed by atoms with Gasteiger partial charge in [0, 0.05) is 38.7 Å². The Morgan fingerprint density at radius 2 is 2.00 bits per heavy atom. The van der Waals surface area contributed by atoms with Gasteiger partial charge in [-0.15, -0.1) is 0 Å². The molecule has 1 aliphatic heterocycles. The lowest BCUT2D eigenvalue weighted by Crippen LogP contribution is -2.27. The largest absolute Gasteiger partial charge is 0.399 e. The number of nitrogen functional groups attached to an aromatic ring is 1. The van der Waals surface area contributed by atoms with E-state index >= 15 is 0 Å². The number of hydrogen-bond acceptors (Lipinski definition) is 4. The predicted molar refractivity (Wildman–Crippen MR) is 86.5 cm³/mol. The zero-order chi connectivity index (χ0) is 15.6. The van der Waals surface area contributed by atoms with Crippen LogP contribution >= 0.6 is 0 Å². The zero-order valence-corrected chi connectivity index (χ0v) is 13.1. The van der Waals surface area contributed by atoms with Crippen LogP contribution in [0.1, 0.15) is 24.8 Å². The molecular formula is C17H26N2O3. The molecule has 122 valence electrons. The molecule has 5 nitrogen and oxygen atoms in total. The fourth-order valence-corrected chi connectivity index (χ4v) is 2.45. The molecule has 1 saturated heterocycles. The number of nitrogens with two attached hydrogens (primary N) is 1. The Morgan fingerprint density at radius 1 is 1.27 bits per heavy atom. The summed E-state index contributed by atoms with van der Waals surface area (Å²) in [5.41, 5.74) is 7.30. The summed E-state index contributed by atoms with van der Waals surface area (Å²) in [5.74, 6) is 0.669. The average molecular weight is 306 g/mol. The second-order valence-electron chi connectivity index (χ2n) is 5.75. The van der Waals surface area contributed by atoms with Crippen molar-refractivity contribution in [3.63, 3.8) is 0 Å². The highest BCUT2D eigenvalue weighted by molar-refractivity contribution is 5.78. The fourth-order valence-electron chi connectivity index (χ4n) is 2.45. The molecule has 1 aromatic carbocycles. The number of carbonyl (C=O) groups is 1. The lowest BCUT2D eigenvalue weighted by atomic mass is 10.0. The van der Waals surface area contributed by atoms with Gasteiger partial charge >= 0.3 is 0 Å². The highest BCUT2D eigenvalue weighted by atomic mass is 16.5. The van der Waals surface area contributed by atoms with E-state index < -0.39 is 0 Å². The molecule has 0 atom stereocenters. The normalized spacial score (nSPS) is 15.6. The van der Waals surface area contributed by atoms with E-state index in [0.717, 1.165) is 44.6 Å². The van der Waals surface area contributed by atoms with Gasteiger partial charge in [0.1, 0.15) is 0 Å². The summed E-state index contributed by atoms with van der Waals surface area (Å²) in [6.07, 6.45) is 3.43. The Balaban J connectivity index is 1.49. The summed E-state index contributed by atoms with van der Waals surface area (Å²) >= 11 is 0. The van der Waals surface area contributed by atoms with Crippen molar-refractivity contribution in [2.45, 2.75) is 25.7 Å². The number of rotatable bonds is 8. The first-order valence-corrected chi connectivity index (χ1v) is 8.00. The summed E-state index contributed by atoms with van der Waals surface area (Å²) in [6, 6.07) is 7.39. The Labute approximate surface area is 132 Å². The van der Waals surface area contributed by atoms with Gasteiger partial charge < -0.3 is 20.5 Å². The van der Waals surface area contributed by atoms with Crippen molar-refractivity contribution in [1.29, 1.82) is 0 Å². The standard InChI is InChI=1S/C17H26N2O3/c18-16-4-2-14(3-5-16)12-17(20)19-8-1-9-22-13-15-6-10-21-11-7-15/h2-5,15H,1,6-13,18H2,(H,19,20). The smallest absolute Gasteiger partial charge is 0.224 e. The minimum Gasteiger partial charge on any atom is -0.399 e. The fraction of sp³-hybridized carbons (Fsp3) is 0.588. The van der Waals surface area contributed by atoms with E-state index in [-0.39, 0.29) is 5.91 Å². The number of nitrogens with one attached hydrogen (secondary N) is 1. The zero-order valence-electron chi connectivity index (χ0n) is 13.1. The molecule has 1 fully saturated rings. The summed E-state index contributed by atoms with van der Waals surface area (Å²) in [5, 5.41) is 2.91. The van der Waals surface area contributed by atoms with Crippen molar-refractivity contribution in [2.24, 2.45) is 5.92 Å². The number of hydrogen-bond donors (Lipinski definition) is 2. The van der Waals surface area contributed by atoms with E-state index in [1.54, 1.807) is 0 Å². The van der Waals surface area contributed by atoms with Crippen molar-refractivity contribution < 1.29 is 14.3 Å². The molecule has 5 heteroatoms. The Hall–Kier alpha value is -1.59. The molecule has 22 heavy (non-hydrogen) atoms. The van der Waals surface area contributed by atoms with Crippen molar-refractivity contribution in [2.75, 3.05) is 38.7 Å². The van der Waals surface area contributed by atoms with Gasteiger partial charge in [-0.2, -0.15) is 0 Å². The van der Waals surface area contributed by atoms with E-state index in [1.807, 2.05) is 24.3 Å². The number of benzene rings is 1. The maximum absolute atomic E-state index is 11.8. The molecule has 3 N–H and O–H groups in total. The van der Waals surface area contributed by atoms with Gasteiger partial charge in [0.2, 0.25) is 5.91 Å². The topological polar surface area (TPSA) is 73.6 Å². The molecular weight excluding hydrogens is 280 g/mol. The lowest BCUT2D eigenvalue weighted by Gasteiger charge is -2.21. The average Bonchev–Trinajstić information content (AvgIpc) is 2.54. The van der Waals surface area contributed by atoms with E-state index in [4.69, 9.17) is 15.2 Å². The van der Waals surface area contributed by atoms with Crippen LogP contribution in [0.4, 0.5) is 5.69 Å². The molecule has 0 aliphatic carbocycles. The Kier molecular flexibility index (Phi) is 7.19. The number of amides is 1. The van der Waals surface area contributed by atoms with Crippen LogP contribution in [0.25, 0.3) is 0 Å². The third-order valence-corrected chi connectivity index (χ3v) is 3.83. The van der Waals surface area contributed by atoms with E-state index in [0.29, 0.717) is 31.2 Å². The van der Waals surface area contributed by atoms with Crippen LogP contribution in [-0.2, 0) is 20.7 Å². The Bertz CT molecular complexity index is 442. The van der Waals surface area contributed by atoms with Gasteiger partial charge in [-0.25, -0.2) is 0 Å². The Morgan fingerprint density at radius 3 is 2.73 bits per heavy atom. The second kappa shape index (κ2) is 9.43. The summed E-state index contributed by atoms with van der Waals surface area (Å²) in [4.78, 5) is 11.8. The van der Waals surface area contributed by atoms with Crippen LogP contribution in [0.15, 0.2) is 24.3 Å². The van der Waals surface area contributed by atoms with Crippen molar-refractivity contribution in [1.82, 2.24) is 5.32 Å². The van der Waals surface area contributed by atoms with Crippen LogP contribution in [-0.4, -0.2) is 38.9 Å². The van der Waals surface area contributed by atoms with Gasteiger partial charge in [0.15, 0.2) is 0 Å². The number of ether oxygens (including phenoxy) is 2. The molecule has 1 amide bonds. The number of anilines is 1. The first-order chi connectivity index (χ1) is 10.7. The lowest BCUT2D eigenvalue weighted by molar-refractivity contribution is -0.120. The molecule has 1 aliphatic rings. The molecule has 0 saturated carbocycles. The molecule has 1 aromatic rings. The van der Waals surface area contributed by atoms with Gasteiger partial charge in [0.05, 0.1) is 6.42 Å². The van der Waals surface area contributed by atoms with Crippen molar-refractivity contribution in [3.05, 3.63) is 29.8 Å². The second-order valence-corrected chi connectivity index (χ2v) is 5.75. The van der Waals surface area contributed by atoms with Crippen LogP contribution in [0.3, 0.4) is 0 Å². The third-order valence-electron chi connectivity index (χ3n) is 3.83. The maximum atomic E-state index is 11.8. The third kappa shape index (κ3) is 6.45. The predicted octanol–water partition coefficient (Wildman–Crippen LogP) is 1.76. The van der Waals surface area contributed by atoms with E-state index in [1.165, 1.54) is 0 Å². The highest BCUT2D eigenvalue weighted by Gasteiger charge is 2.13. The van der Waals surface area contributed by atoms with Crippen molar-refractivity contribution in [3.8, 4) is 0 Å². The molecule has 0 unspecified atom stereocenters. The molecule has 1 heterocycles. The minimum atomic E-state index is 0.0363. The van der Waals surface area contributed by atoms with Gasteiger partial charge in [-0.1, -0.05) is 12.1 Å². The summed E-state index contributed by atoms with van der Waals surface area (Å²) in [6.45, 7) is 3.87. The van der Waals surface area contributed by atoms with Crippen molar-refractivity contribution >= 4 is 11.6 Å². The maximum Gasteiger partial charge on any atom is 0.224 e. The molecule has 2 rings (SSSR count). The van der Waals surface area contributed by atoms with Crippen LogP contribution in [0.5, 0.6) is 0 Å². The first-order valence-electron chi connectivity index (χ1n) is 8.00. The molecule has 0 radical (unpaired) electrons. The summed E-state index contributed by atoms with van der Waals surface area (Å²) < 4.78 is 11.0. The minimum absolute atomic E-state index is 0.0363. The van der Waals surface area contributed by atoms with Crippen LogP contribution in [0, 0.1) is 5.92 Å². The monoisotopic (exact) mass is 306 g/mol. The van der Waals surface area contributed by atoms with E-state index in [2.05, 4.69) is 5.32 Å². The van der Waals surface area contributed by atoms with Gasteiger partial charge in [0.25, 0.3) is 0 Å². The van der Waals surface area contributed by atoms with Crippen LogP contribution < -0.4 is 11.1 Å². The highest BCUT2D eigenvalue weighted by Crippen LogP contribution is 2.14. The molecule has 0 bridgehead atoms. The van der Waals surface area contributed by atoms with Gasteiger partial charge in [-0.3, -0.25) is 4.79 Å². The quantitative estimate of drug-likeness (QED) is 0.567. The number of carbonyl (C=O) groups excluding carboxylic acids is 1. The van der Waals surface area contributed by atoms with E-state index in [9.17, 15) is 4.79 Å². The molecule has 0 spiro atoms. The van der Waals surface area contributed by atoms with Crippen LogP contribution in [0.2, 0.25) is 0 Å². The SMILES string of the molecule is Nc1ccc(CC(=O)NCCCOCC2CCOCC2)cc1. The summed E-state index contributed by atoms with van der Waals surface area (Å²) in [7, 11) is 0.